The molecular formula is C24H24Cl2N4O3S. The second kappa shape index (κ2) is 11.5. The van der Waals surface area contributed by atoms with Gasteiger partial charge in [0.2, 0.25) is 5.91 Å². The Kier molecular flexibility index (Phi) is 8.68. The Labute approximate surface area is 213 Å². The molecule has 2 aromatic carbocycles. The van der Waals surface area contributed by atoms with E-state index >= 15 is 0 Å². The number of nitrogens with zero attached hydrogens (tertiary/aromatic N) is 2. The van der Waals surface area contributed by atoms with E-state index in [9.17, 15) is 14.4 Å². The van der Waals surface area contributed by atoms with E-state index in [1.165, 1.54) is 11.3 Å². The van der Waals surface area contributed by atoms with Gasteiger partial charge < -0.3 is 15.5 Å². The fourth-order valence-electron chi connectivity index (χ4n) is 3.55. The van der Waals surface area contributed by atoms with Crippen molar-refractivity contribution in [1.29, 1.82) is 0 Å². The number of rotatable bonds is 6. The van der Waals surface area contributed by atoms with Gasteiger partial charge in [0.25, 0.3) is 11.8 Å². The molecule has 1 aliphatic rings. The van der Waals surface area contributed by atoms with Crippen molar-refractivity contribution in [2.75, 3.05) is 36.9 Å². The van der Waals surface area contributed by atoms with Gasteiger partial charge in [0.15, 0.2) is 0 Å². The molecule has 1 aliphatic heterocycles. The molecule has 0 spiro atoms. The molecule has 0 atom stereocenters. The monoisotopic (exact) mass is 518 g/mol. The van der Waals surface area contributed by atoms with Crippen LogP contribution in [0.3, 0.4) is 0 Å². The number of benzene rings is 2. The largest absolute Gasteiger partial charge is 0.347 e. The van der Waals surface area contributed by atoms with Gasteiger partial charge in [0.05, 0.1) is 15.8 Å². The Hall–Kier alpha value is -2.91. The van der Waals surface area contributed by atoms with Crippen LogP contribution in [0.25, 0.3) is 0 Å². The van der Waals surface area contributed by atoms with Gasteiger partial charge in [-0.05, 0) is 55.1 Å². The Morgan fingerprint density at radius 3 is 2.41 bits per heavy atom. The topological polar surface area (TPSA) is 81.8 Å². The molecule has 7 nitrogen and oxygen atoms in total. The third-order valence-corrected chi connectivity index (χ3v) is 6.58. The number of thiophene rings is 1. The Morgan fingerprint density at radius 2 is 1.74 bits per heavy atom. The fourth-order valence-corrected chi connectivity index (χ4v) is 4.51. The number of carbonyl (C=O) groups excluding carboxylic acids is 3. The maximum atomic E-state index is 12.8. The summed E-state index contributed by atoms with van der Waals surface area (Å²) in [6.07, 6.45) is 0. The zero-order chi connectivity index (χ0) is 23.4. The van der Waals surface area contributed by atoms with Gasteiger partial charge in [0.1, 0.15) is 0 Å². The highest BCUT2D eigenvalue weighted by Gasteiger charge is 2.23. The van der Waals surface area contributed by atoms with Crippen molar-refractivity contribution >= 4 is 64.4 Å². The molecule has 1 aromatic heterocycles. The molecule has 0 saturated carbocycles. The van der Waals surface area contributed by atoms with Crippen LogP contribution in [-0.4, -0.2) is 49.3 Å². The first-order valence-corrected chi connectivity index (χ1v) is 11.6. The van der Waals surface area contributed by atoms with Gasteiger partial charge in [-0.2, -0.15) is 0 Å². The lowest BCUT2D eigenvalue weighted by Gasteiger charge is -2.32. The smallest absolute Gasteiger partial charge is 0.261 e. The van der Waals surface area contributed by atoms with Crippen LogP contribution >= 0.6 is 35.3 Å². The van der Waals surface area contributed by atoms with Crippen molar-refractivity contribution in [3.8, 4) is 0 Å². The second-order valence-corrected chi connectivity index (χ2v) is 9.44. The lowest BCUT2D eigenvalue weighted by Crippen LogP contribution is -2.48. The number of hydrogen-bond acceptors (Lipinski definition) is 5. The first-order chi connectivity index (χ1) is 15.9. The fraction of sp³-hybridized carbons (Fsp3) is 0.208. The molecule has 2 N–H and O–H groups in total. The third kappa shape index (κ3) is 6.15. The van der Waals surface area contributed by atoms with Crippen LogP contribution in [0.15, 0.2) is 60.7 Å². The number of carbonyl (C=O) groups is 3. The molecule has 1 fully saturated rings. The molecule has 2 heterocycles. The van der Waals surface area contributed by atoms with Crippen LogP contribution in [-0.2, 0) is 11.3 Å². The summed E-state index contributed by atoms with van der Waals surface area (Å²) < 4.78 is 0.552. The van der Waals surface area contributed by atoms with Gasteiger partial charge >= 0.3 is 0 Å². The van der Waals surface area contributed by atoms with E-state index in [1.807, 2.05) is 30.1 Å². The standard InChI is InChI=1S/C24H23ClN4O3S.ClH/c1-28-12-13-29(22(30)15-28)18-8-6-16(7-9-18)23(31)27-19-5-3-2-4-17(19)14-26-24(32)20-10-11-21(25)33-20;/h2-11H,12-15H2,1H3,(H,26,32)(H,27,31);1H. The number of hydrogen-bond donors (Lipinski definition) is 2. The Bertz CT molecular complexity index is 1180. The van der Waals surface area contributed by atoms with Gasteiger partial charge in [-0.1, -0.05) is 29.8 Å². The maximum absolute atomic E-state index is 12.8. The number of amides is 3. The van der Waals surface area contributed by atoms with Gasteiger partial charge in [-0.15, -0.1) is 23.7 Å². The van der Waals surface area contributed by atoms with Crippen LogP contribution in [0.5, 0.6) is 0 Å². The van der Waals surface area contributed by atoms with E-state index < -0.39 is 0 Å². The minimum Gasteiger partial charge on any atom is -0.347 e. The zero-order valence-corrected chi connectivity index (χ0v) is 20.8. The molecule has 10 heteroatoms. The molecule has 0 radical (unpaired) electrons. The summed E-state index contributed by atoms with van der Waals surface area (Å²) in [4.78, 5) is 41.7. The van der Waals surface area contributed by atoms with Crippen molar-refractivity contribution < 1.29 is 14.4 Å². The van der Waals surface area contributed by atoms with Crippen molar-refractivity contribution in [3.63, 3.8) is 0 Å². The number of halogens is 2. The number of nitrogens with one attached hydrogen (secondary N) is 2. The minimum absolute atomic E-state index is 0. The van der Waals surface area contributed by atoms with Gasteiger partial charge in [0, 0.05) is 36.6 Å². The van der Waals surface area contributed by atoms with Crippen molar-refractivity contribution in [1.82, 2.24) is 10.2 Å². The van der Waals surface area contributed by atoms with E-state index in [-0.39, 0.29) is 36.7 Å². The molecular weight excluding hydrogens is 495 g/mol. The van der Waals surface area contributed by atoms with Crippen LogP contribution in [0, 0.1) is 0 Å². The van der Waals surface area contributed by atoms with E-state index in [4.69, 9.17) is 11.6 Å². The molecule has 3 aromatic rings. The molecule has 0 aliphatic carbocycles. The van der Waals surface area contributed by atoms with Crippen molar-refractivity contribution in [2.24, 2.45) is 0 Å². The van der Waals surface area contributed by atoms with Crippen LogP contribution in [0.2, 0.25) is 4.34 Å². The minimum atomic E-state index is -0.268. The van der Waals surface area contributed by atoms with Crippen LogP contribution < -0.4 is 15.5 Å². The first kappa shape index (κ1) is 25.7. The van der Waals surface area contributed by atoms with Crippen LogP contribution in [0.4, 0.5) is 11.4 Å². The third-order valence-electron chi connectivity index (χ3n) is 5.35. The van der Waals surface area contributed by atoms with Crippen molar-refractivity contribution in [2.45, 2.75) is 6.54 Å². The lowest BCUT2D eigenvalue weighted by atomic mass is 10.1. The van der Waals surface area contributed by atoms with Gasteiger partial charge in [-0.25, -0.2) is 0 Å². The SMILES string of the molecule is CN1CCN(c2ccc(C(=O)Nc3ccccc3CNC(=O)c3ccc(Cl)s3)cc2)C(=O)C1.Cl. The normalized spacial score (nSPS) is 13.8. The number of para-hydroxylation sites is 1. The Balaban J connectivity index is 0.00000324. The predicted molar refractivity (Wildman–Crippen MR) is 138 cm³/mol. The molecule has 1 saturated heterocycles. The first-order valence-electron chi connectivity index (χ1n) is 10.4. The molecule has 0 unspecified atom stereocenters. The van der Waals surface area contributed by atoms with Crippen LogP contribution in [0.1, 0.15) is 25.6 Å². The zero-order valence-electron chi connectivity index (χ0n) is 18.4. The Morgan fingerprint density at radius 1 is 1.00 bits per heavy atom. The number of piperazine rings is 1. The molecule has 178 valence electrons. The summed E-state index contributed by atoms with van der Waals surface area (Å²) in [5, 5.41) is 5.77. The number of likely N-dealkylation sites (N-methyl/N-ethyl adjacent to an activating group) is 1. The predicted octanol–water partition coefficient (Wildman–Crippen LogP) is 4.28. The second-order valence-electron chi connectivity index (χ2n) is 7.73. The van der Waals surface area contributed by atoms with E-state index in [2.05, 4.69) is 10.6 Å². The van der Waals surface area contributed by atoms with E-state index in [1.54, 1.807) is 47.4 Å². The highest BCUT2D eigenvalue weighted by molar-refractivity contribution is 7.18. The van der Waals surface area contributed by atoms with E-state index in [0.717, 1.165) is 17.8 Å². The number of anilines is 2. The molecule has 34 heavy (non-hydrogen) atoms. The summed E-state index contributed by atoms with van der Waals surface area (Å²) >= 11 is 7.11. The summed E-state index contributed by atoms with van der Waals surface area (Å²) in [5.41, 5.74) is 2.65. The van der Waals surface area contributed by atoms with Gasteiger partial charge in [-0.3, -0.25) is 19.3 Å². The summed E-state index contributed by atoms with van der Waals surface area (Å²) in [6, 6.07) is 17.7. The molecule has 0 bridgehead atoms. The highest BCUT2D eigenvalue weighted by Crippen LogP contribution is 2.22. The average molecular weight is 519 g/mol. The molecule has 4 rings (SSSR count). The summed E-state index contributed by atoms with van der Waals surface area (Å²) in [6.45, 7) is 2.07. The highest BCUT2D eigenvalue weighted by atomic mass is 35.5. The maximum Gasteiger partial charge on any atom is 0.261 e. The average Bonchev–Trinajstić information content (AvgIpc) is 3.25. The van der Waals surface area contributed by atoms with Crippen molar-refractivity contribution in [3.05, 3.63) is 81.0 Å². The molecule has 3 amide bonds. The van der Waals surface area contributed by atoms with E-state index in [0.29, 0.717) is 33.6 Å². The summed E-state index contributed by atoms with van der Waals surface area (Å²) in [5.74, 6) is -0.445. The lowest BCUT2D eigenvalue weighted by molar-refractivity contribution is -0.120. The summed E-state index contributed by atoms with van der Waals surface area (Å²) in [7, 11) is 1.92. The quantitative estimate of drug-likeness (QED) is 0.510.